The van der Waals surface area contributed by atoms with Crippen LogP contribution >= 0.6 is 0 Å². The van der Waals surface area contributed by atoms with Gasteiger partial charge in [-0.05, 0) is 78.9 Å². The van der Waals surface area contributed by atoms with E-state index in [4.69, 9.17) is 5.41 Å². The molecule has 206 valence electrons. The molecule has 0 radical (unpaired) electrons. The summed E-state index contributed by atoms with van der Waals surface area (Å²) < 4.78 is 13.0. The molecular weight excluding hydrogens is 487 g/mol. The second kappa shape index (κ2) is 13.5. The molecular formula is C32H41FN6. The number of piperazine rings is 1. The summed E-state index contributed by atoms with van der Waals surface area (Å²) in [6, 6.07) is 16.7. The van der Waals surface area contributed by atoms with Gasteiger partial charge in [0.2, 0.25) is 0 Å². The van der Waals surface area contributed by atoms with Gasteiger partial charge in [-0.15, -0.1) is 0 Å². The number of nitrogens with zero attached hydrogens (tertiary/aromatic N) is 4. The van der Waals surface area contributed by atoms with Crippen molar-refractivity contribution in [2.24, 2.45) is 0 Å². The van der Waals surface area contributed by atoms with Crippen molar-refractivity contribution >= 4 is 39.8 Å². The van der Waals surface area contributed by atoms with Crippen LogP contribution in [0.1, 0.15) is 31.4 Å². The third-order valence-corrected chi connectivity index (χ3v) is 7.38. The van der Waals surface area contributed by atoms with Crippen molar-refractivity contribution in [2.75, 3.05) is 69.8 Å². The highest BCUT2D eigenvalue weighted by molar-refractivity contribution is 6.10. The maximum Gasteiger partial charge on any atom is 0.130 e. The Morgan fingerprint density at radius 3 is 2.59 bits per heavy atom. The van der Waals surface area contributed by atoms with E-state index in [0.29, 0.717) is 13.1 Å². The number of aromatic nitrogens is 1. The molecule has 1 aliphatic heterocycles. The Morgan fingerprint density at radius 1 is 1.08 bits per heavy atom. The van der Waals surface area contributed by atoms with Gasteiger partial charge >= 0.3 is 0 Å². The zero-order valence-electron chi connectivity index (χ0n) is 23.5. The molecule has 1 saturated heterocycles. The van der Waals surface area contributed by atoms with E-state index in [0.717, 1.165) is 83.7 Å². The lowest BCUT2D eigenvalue weighted by molar-refractivity contribution is 0.266. The number of allylic oxidation sites excluding steroid dienone is 1. The summed E-state index contributed by atoms with van der Waals surface area (Å²) in [5.41, 5.74) is 5.96. The van der Waals surface area contributed by atoms with Crippen LogP contribution in [-0.2, 0) is 0 Å². The van der Waals surface area contributed by atoms with Crippen LogP contribution in [0.4, 0.5) is 15.9 Å². The SMILES string of the molecule is C=C(Nc1cc2cc(/C(C=N)=C(/C)CN(CCC)CCF)ccc2cn1)c1cccc(N2CCN(C)CC2)c1. The monoisotopic (exact) mass is 528 g/mol. The Labute approximate surface area is 232 Å². The summed E-state index contributed by atoms with van der Waals surface area (Å²) in [5.74, 6) is 0.726. The van der Waals surface area contributed by atoms with E-state index in [-0.39, 0.29) is 6.67 Å². The summed E-state index contributed by atoms with van der Waals surface area (Å²) in [6.45, 7) is 14.1. The minimum atomic E-state index is -0.364. The van der Waals surface area contributed by atoms with Crippen molar-refractivity contribution in [3.63, 3.8) is 0 Å². The molecule has 0 aliphatic carbocycles. The van der Waals surface area contributed by atoms with Gasteiger partial charge in [-0.1, -0.05) is 37.8 Å². The normalized spacial score (nSPS) is 14.9. The Balaban J connectivity index is 1.53. The van der Waals surface area contributed by atoms with E-state index < -0.39 is 0 Å². The van der Waals surface area contributed by atoms with Gasteiger partial charge in [0.15, 0.2) is 0 Å². The number of anilines is 2. The fourth-order valence-electron chi connectivity index (χ4n) is 5.14. The number of benzene rings is 2. The Hall–Kier alpha value is -3.55. The van der Waals surface area contributed by atoms with Crippen LogP contribution in [0.3, 0.4) is 0 Å². The maximum absolute atomic E-state index is 13.0. The number of halogens is 1. The number of likely N-dealkylation sites (N-methyl/N-ethyl adjacent to an activating group) is 1. The molecule has 0 spiro atoms. The molecule has 7 heteroatoms. The first kappa shape index (κ1) is 28.5. The van der Waals surface area contributed by atoms with E-state index in [1.165, 1.54) is 11.9 Å². The molecule has 3 aromatic rings. The van der Waals surface area contributed by atoms with Gasteiger partial charge in [-0.25, -0.2) is 9.37 Å². The van der Waals surface area contributed by atoms with Gasteiger partial charge in [-0.3, -0.25) is 4.90 Å². The van der Waals surface area contributed by atoms with E-state index in [9.17, 15) is 4.39 Å². The molecule has 4 rings (SSSR count). The highest BCUT2D eigenvalue weighted by atomic mass is 19.1. The third-order valence-electron chi connectivity index (χ3n) is 7.38. The van der Waals surface area contributed by atoms with Crippen molar-refractivity contribution in [3.8, 4) is 0 Å². The van der Waals surface area contributed by atoms with Crippen LogP contribution in [0, 0.1) is 5.41 Å². The van der Waals surface area contributed by atoms with Gasteiger partial charge in [-0.2, -0.15) is 0 Å². The molecule has 2 N–H and O–H groups in total. The van der Waals surface area contributed by atoms with Crippen molar-refractivity contribution in [1.82, 2.24) is 14.8 Å². The molecule has 1 aliphatic rings. The largest absolute Gasteiger partial charge is 0.369 e. The first-order chi connectivity index (χ1) is 18.9. The lowest BCUT2D eigenvalue weighted by atomic mass is 9.98. The number of pyridine rings is 1. The fourth-order valence-corrected chi connectivity index (χ4v) is 5.14. The average molecular weight is 529 g/mol. The second-order valence-electron chi connectivity index (χ2n) is 10.4. The fraction of sp³-hybridized carbons (Fsp3) is 0.375. The molecule has 0 atom stereocenters. The van der Waals surface area contributed by atoms with Crippen LogP contribution in [0.2, 0.25) is 0 Å². The van der Waals surface area contributed by atoms with E-state index in [1.807, 2.05) is 31.3 Å². The number of fused-ring (bicyclic) bond motifs is 1. The molecule has 1 aromatic heterocycles. The predicted molar refractivity (Wildman–Crippen MR) is 165 cm³/mol. The number of hydrogen-bond acceptors (Lipinski definition) is 6. The molecule has 39 heavy (non-hydrogen) atoms. The lowest BCUT2D eigenvalue weighted by Crippen LogP contribution is -2.44. The zero-order chi connectivity index (χ0) is 27.8. The molecule has 0 saturated carbocycles. The van der Waals surface area contributed by atoms with E-state index in [2.05, 4.69) is 75.9 Å². The molecule has 6 nitrogen and oxygen atoms in total. The quantitative estimate of drug-likeness (QED) is 0.275. The zero-order valence-corrected chi connectivity index (χ0v) is 23.5. The van der Waals surface area contributed by atoms with Crippen molar-refractivity contribution < 1.29 is 4.39 Å². The summed E-state index contributed by atoms with van der Waals surface area (Å²) >= 11 is 0. The van der Waals surface area contributed by atoms with Gasteiger partial charge < -0.3 is 20.5 Å². The van der Waals surface area contributed by atoms with Crippen LogP contribution in [-0.4, -0.2) is 80.5 Å². The minimum absolute atomic E-state index is 0.364. The Bertz CT molecular complexity index is 1320. The maximum atomic E-state index is 13.0. The van der Waals surface area contributed by atoms with E-state index >= 15 is 0 Å². The Morgan fingerprint density at radius 2 is 1.87 bits per heavy atom. The van der Waals surface area contributed by atoms with E-state index in [1.54, 1.807) is 0 Å². The highest BCUT2D eigenvalue weighted by Crippen LogP contribution is 2.27. The summed E-state index contributed by atoms with van der Waals surface area (Å²) in [6.07, 6.45) is 4.24. The third kappa shape index (κ3) is 7.31. The molecule has 2 heterocycles. The van der Waals surface area contributed by atoms with Gasteiger partial charge in [0.05, 0.1) is 0 Å². The first-order valence-electron chi connectivity index (χ1n) is 13.8. The number of hydrogen-bond donors (Lipinski definition) is 2. The summed E-state index contributed by atoms with van der Waals surface area (Å²) in [7, 11) is 2.17. The van der Waals surface area contributed by atoms with Crippen molar-refractivity contribution in [2.45, 2.75) is 20.3 Å². The topological polar surface area (TPSA) is 58.5 Å². The average Bonchev–Trinajstić information content (AvgIpc) is 2.94. The molecule has 0 bridgehead atoms. The number of rotatable bonds is 12. The lowest BCUT2D eigenvalue weighted by Gasteiger charge is -2.34. The van der Waals surface area contributed by atoms with Crippen LogP contribution in [0.25, 0.3) is 22.0 Å². The minimum Gasteiger partial charge on any atom is -0.369 e. The first-order valence-corrected chi connectivity index (χ1v) is 13.8. The highest BCUT2D eigenvalue weighted by Gasteiger charge is 2.15. The smallest absolute Gasteiger partial charge is 0.130 e. The van der Waals surface area contributed by atoms with Crippen molar-refractivity contribution in [1.29, 1.82) is 5.41 Å². The standard InChI is InChI=1S/C32H41FN6/c1-5-12-38(13-11-33)23-24(2)31(21-34)27-9-10-28-22-35-32(20-29(28)18-27)36-25(3)26-7-6-8-30(19-26)39-16-14-37(4)15-17-39/h6-10,18-22,34H,3,5,11-17,23H2,1-2,4H3,(H,35,36)/b31-24-,34-21?. The molecule has 2 aromatic carbocycles. The van der Waals surface area contributed by atoms with Gasteiger partial charge in [0, 0.05) is 68.5 Å². The summed E-state index contributed by atoms with van der Waals surface area (Å²) in [4.78, 5) is 11.5. The van der Waals surface area contributed by atoms with Crippen LogP contribution in [0.15, 0.2) is 66.9 Å². The molecule has 0 unspecified atom stereocenters. The van der Waals surface area contributed by atoms with Crippen LogP contribution < -0.4 is 10.2 Å². The van der Waals surface area contributed by atoms with Crippen molar-refractivity contribution in [3.05, 3.63) is 78.0 Å². The second-order valence-corrected chi connectivity index (χ2v) is 10.4. The molecule has 0 amide bonds. The van der Waals surface area contributed by atoms with Gasteiger partial charge in [0.25, 0.3) is 0 Å². The number of nitrogens with one attached hydrogen (secondary N) is 2. The van der Waals surface area contributed by atoms with Crippen LogP contribution in [0.5, 0.6) is 0 Å². The molecule has 1 fully saturated rings. The van der Waals surface area contributed by atoms with Gasteiger partial charge in [0.1, 0.15) is 12.5 Å². The Kier molecular flexibility index (Phi) is 9.85. The summed E-state index contributed by atoms with van der Waals surface area (Å²) in [5, 5.41) is 13.6. The number of alkyl halides is 1. The predicted octanol–water partition coefficient (Wildman–Crippen LogP) is 6.17.